The minimum atomic E-state index is 0.596. The van der Waals surface area contributed by atoms with Crippen molar-refractivity contribution in [2.45, 2.75) is 25.7 Å². The zero-order valence-electron chi connectivity index (χ0n) is 11.1. The van der Waals surface area contributed by atoms with Gasteiger partial charge in [0, 0.05) is 28.5 Å². The summed E-state index contributed by atoms with van der Waals surface area (Å²) in [4.78, 5) is 4.35. The number of aryl methyl sites for hydroxylation is 1. The van der Waals surface area contributed by atoms with E-state index < -0.39 is 0 Å². The average molecular weight is 276 g/mol. The van der Waals surface area contributed by atoms with Gasteiger partial charge in [0.05, 0.1) is 6.33 Å². The van der Waals surface area contributed by atoms with Crippen molar-refractivity contribution in [1.29, 1.82) is 0 Å². The molecule has 2 aromatic rings. The van der Waals surface area contributed by atoms with Gasteiger partial charge in [0.2, 0.25) is 0 Å². The molecule has 0 spiro atoms. The summed E-state index contributed by atoms with van der Waals surface area (Å²) in [7, 11) is 0. The Morgan fingerprint density at radius 3 is 2.84 bits per heavy atom. The van der Waals surface area contributed by atoms with Crippen molar-refractivity contribution in [2.75, 3.05) is 13.1 Å². The summed E-state index contributed by atoms with van der Waals surface area (Å²) in [6.45, 7) is 4.28. The van der Waals surface area contributed by atoms with E-state index in [2.05, 4.69) is 27.9 Å². The summed E-state index contributed by atoms with van der Waals surface area (Å²) in [6.07, 6.45) is 6.27. The fourth-order valence-electron chi connectivity index (χ4n) is 2.82. The number of aromatic nitrogens is 2. The van der Waals surface area contributed by atoms with Crippen molar-refractivity contribution in [3.05, 3.63) is 47.0 Å². The van der Waals surface area contributed by atoms with Crippen LogP contribution >= 0.6 is 11.6 Å². The second kappa shape index (κ2) is 5.35. The molecule has 1 aromatic heterocycles. The Morgan fingerprint density at radius 1 is 1.32 bits per heavy atom. The molecule has 19 heavy (non-hydrogen) atoms. The second-order valence-electron chi connectivity index (χ2n) is 5.14. The highest BCUT2D eigenvalue weighted by Crippen LogP contribution is 2.28. The molecule has 0 atom stereocenters. The minimum Gasteiger partial charge on any atom is -0.317 e. The van der Waals surface area contributed by atoms with Crippen LogP contribution in [-0.4, -0.2) is 22.6 Å². The summed E-state index contributed by atoms with van der Waals surface area (Å²) in [5, 5.41) is 4.19. The first kappa shape index (κ1) is 12.7. The Kier molecular flexibility index (Phi) is 3.58. The van der Waals surface area contributed by atoms with E-state index >= 15 is 0 Å². The van der Waals surface area contributed by atoms with Crippen LogP contribution in [0.4, 0.5) is 0 Å². The monoisotopic (exact) mass is 275 g/mol. The van der Waals surface area contributed by atoms with E-state index in [1.54, 1.807) is 0 Å². The summed E-state index contributed by atoms with van der Waals surface area (Å²) >= 11 is 6.03. The van der Waals surface area contributed by atoms with Crippen molar-refractivity contribution >= 4 is 11.6 Å². The van der Waals surface area contributed by atoms with Gasteiger partial charge in [-0.05, 0) is 56.6 Å². The molecule has 1 aliphatic rings. The van der Waals surface area contributed by atoms with Crippen molar-refractivity contribution in [3.8, 4) is 5.69 Å². The molecular formula is C15H18ClN3. The van der Waals surface area contributed by atoms with Gasteiger partial charge in [0.15, 0.2) is 0 Å². The Hall–Kier alpha value is -1.32. The van der Waals surface area contributed by atoms with E-state index in [4.69, 9.17) is 11.6 Å². The number of nitrogens with zero attached hydrogens (tertiary/aromatic N) is 2. The van der Waals surface area contributed by atoms with Crippen LogP contribution in [-0.2, 0) is 0 Å². The van der Waals surface area contributed by atoms with Crippen LogP contribution in [0.3, 0.4) is 0 Å². The van der Waals surface area contributed by atoms with Gasteiger partial charge in [-0.3, -0.25) is 0 Å². The van der Waals surface area contributed by atoms with E-state index in [0.29, 0.717) is 5.92 Å². The summed E-state index contributed by atoms with van der Waals surface area (Å²) in [6, 6.07) is 6.02. The molecule has 2 heterocycles. The largest absolute Gasteiger partial charge is 0.317 e. The van der Waals surface area contributed by atoms with Gasteiger partial charge in [-0.15, -0.1) is 0 Å². The summed E-state index contributed by atoms with van der Waals surface area (Å²) < 4.78 is 2.21. The molecule has 1 aromatic carbocycles. The molecule has 0 saturated carbocycles. The molecule has 0 amide bonds. The normalized spacial score (nSPS) is 16.7. The van der Waals surface area contributed by atoms with E-state index in [-0.39, 0.29) is 0 Å². The maximum Gasteiger partial charge on any atom is 0.0994 e. The molecule has 1 N–H and O–H groups in total. The van der Waals surface area contributed by atoms with Crippen molar-refractivity contribution in [3.63, 3.8) is 0 Å². The SMILES string of the molecule is Cc1cc(Cl)ccc1-n1cncc1C1CCNCC1. The molecule has 3 nitrogen and oxygen atoms in total. The Morgan fingerprint density at radius 2 is 2.11 bits per heavy atom. The summed E-state index contributed by atoms with van der Waals surface area (Å²) in [5.74, 6) is 0.596. The van der Waals surface area contributed by atoms with Crippen LogP contribution in [0.25, 0.3) is 5.69 Å². The van der Waals surface area contributed by atoms with Gasteiger partial charge in [-0.1, -0.05) is 11.6 Å². The highest BCUT2D eigenvalue weighted by Gasteiger charge is 2.19. The zero-order chi connectivity index (χ0) is 13.2. The second-order valence-corrected chi connectivity index (χ2v) is 5.58. The topological polar surface area (TPSA) is 29.9 Å². The minimum absolute atomic E-state index is 0.596. The molecule has 3 rings (SSSR count). The van der Waals surface area contributed by atoms with Crippen molar-refractivity contribution < 1.29 is 0 Å². The molecule has 0 aliphatic carbocycles. The first-order valence-corrected chi connectivity index (χ1v) is 7.13. The third-order valence-corrected chi connectivity index (χ3v) is 4.08. The van der Waals surface area contributed by atoms with Gasteiger partial charge in [0.1, 0.15) is 0 Å². The lowest BCUT2D eigenvalue weighted by atomic mass is 9.94. The van der Waals surface area contributed by atoms with Crippen LogP contribution in [0.5, 0.6) is 0 Å². The highest BCUT2D eigenvalue weighted by molar-refractivity contribution is 6.30. The molecule has 1 saturated heterocycles. The van der Waals surface area contributed by atoms with Crippen LogP contribution < -0.4 is 5.32 Å². The fourth-order valence-corrected chi connectivity index (χ4v) is 3.04. The number of rotatable bonds is 2. The standard InChI is InChI=1S/C15H18ClN3/c1-11-8-13(16)2-3-14(11)19-10-18-9-15(19)12-4-6-17-7-5-12/h2-3,8-10,12,17H,4-7H2,1H3. The first-order chi connectivity index (χ1) is 9.25. The predicted octanol–water partition coefficient (Wildman–Crippen LogP) is 3.30. The van der Waals surface area contributed by atoms with E-state index in [1.807, 2.05) is 24.7 Å². The lowest BCUT2D eigenvalue weighted by Crippen LogP contribution is -2.27. The molecule has 0 radical (unpaired) electrons. The van der Waals surface area contributed by atoms with Crippen molar-refractivity contribution in [1.82, 2.24) is 14.9 Å². The van der Waals surface area contributed by atoms with Gasteiger partial charge in [-0.25, -0.2) is 4.98 Å². The maximum absolute atomic E-state index is 6.03. The summed E-state index contributed by atoms with van der Waals surface area (Å²) in [5.41, 5.74) is 3.67. The van der Waals surface area contributed by atoms with Crippen LogP contribution in [0.2, 0.25) is 5.02 Å². The third kappa shape index (κ3) is 2.53. The quantitative estimate of drug-likeness (QED) is 0.911. The van der Waals surface area contributed by atoms with Gasteiger partial charge >= 0.3 is 0 Å². The molecule has 0 unspecified atom stereocenters. The zero-order valence-corrected chi connectivity index (χ0v) is 11.8. The first-order valence-electron chi connectivity index (χ1n) is 6.75. The number of piperidine rings is 1. The smallest absolute Gasteiger partial charge is 0.0994 e. The molecule has 4 heteroatoms. The highest BCUT2D eigenvalue weighted by atomic mass is 35.5. The number of halogens is 1. The van der Waals surface area contributed by atoms with E-state index in [1.165, 1.54) is 29.8 Å². The van der Waals surface area contributed by atoms with Crippen LogP contribution in [0, 0.1) is 6.92 Å². The number of hydrogen-bond acceptors (Lipinski definition) is 2. The predicted molar refractivity (Wildman–Crippen MR) is 78.2 cm³/mol. The Bertz CT molecular complexity index is 571. The maximum atomic E-state index is 6.03. The van der Waals surface area contributed by atoms with Crippen LogP contribution in [0.1, 0.15) is 30.0 Å². The van der Waals surface area contributed by atoms with Crippen LogP contribution in [0.15, 0.2) is 30.7 Å². The lowest BCUT2D eigenvalue weighted by Gasteiger charge is -2.24. The third-order valence-electron chi connectivity index (χ3n) is 3.84. The molecule has 1 aliphatic heterocycles. The molecule has 1 fully saturated rings. The number of hydrogen-bond donors (Lipinski definition) is 1. The van der Waals surface area contributed by atoms with Gasteiger partial charge in [-0.2, -0.15) is 0 Å². The van der Waals surface area contributed by atoms with E-state index in [9.17, 15) is 0 Å². The molecular weight excluding hydrogens is 258 g/mol. The Labute approximate surface area is 118 Å². The fraction of sp³-hybridized carbons (Fsp3) is 0.400. The number of imidazole rings is 1. The lowest BCUT2D eigenvalue weighted by molar-refractivity contribution is 0.449. The van der Waals surface area contributed by atoms with Gasteiger partial charge in [0.25, 0.3) is 0 Å². The molecule has 0 bridgehead atoms. The number of benzene rings is 1. The average Bonchev–Trinajstić information content (AvgIpc) is 2.89. The Balaban J connectivity index is 1.99. The number of nitrogens with one attached hydrogen (secondary N) is 1. The van der Waals surface area contributed by atoms with Gasteiger partial charge < -0.3 is 9.88 Å². The van der Waals surface area contributed by atoms with E-state index in [0.717, 1.165) is 18.1 Å². The van der Waals surface area contributed by atoms with Crippen molar-refractivity contribution in [2.24, 2.45) is 0 Å². The molecule has 100 valence electrons.